The number of hydrogen-bond acceptors (Lipinski definition) is 7. The highest BCUT2D eigenvalue weighted by Gasteiger charge is 2.35. The Morgan fingerprint density at radius 3 is 2.71 bits per heavy atom. The van der Waals surface area contributed by atoms with Crippen molar-refractivity contribution in [2.75, 3.05) is 38.2 Å². The fraction of sp³-hybridized carbons (Fsp3) is 0.593. The summed E-state index contributed by atoms with van der Waals surface area (Å²) in [5.74, 6) is 1.42. The van der Waals surface area contributed by atoms with Gasteiger partial charge in [0, 0.05) is 50.2 Å². The maximum absolute atomic E-state index is 9.26. The van der Waals surface area contributed by atoms with Gasteiger partial charge in [-0.05, 0) is 57.7 Å². The number of nitriles is 1. The molecular formula is C27H36N6O. The number of benzene rings is 1. The third-order valence-corrected chi connectivity index (χ3v) is 7.81. The number of piperidine rings is 1. The molecule has 0 amide bonds. The molecule has 4 heterocycles. The normalized spacial score (nSPS) is 25.3. The van der Waals surface area contributed by atoms with Gasteiger partial charge in [-0.1, -0.05) is 30.3 Å². The van der Waals surface area contributed by atoms with Gasteiger partial charge in [0.1, 0.15) is 12.4 Å². The van der Waals surface area contributed by atoms with Crippen molar-refractivity contribution in [3.63, 3.8) is 0 Å². The van der Waals surface area contributed by atoms with Gasteiger partial charge < -0.3 is 14.5 Å². The molecule has 3 aliphatic rings. The summed E-state index contributed by atoms with van der Waals surface area (Å²) in [5.41, 5.74) is 3.63. The number of ether oxygens (including phenoxy) is 1. The van der Waals surface area contributed by atoms with Gasteiger partial charge in [-0.2, -0.15) is 15.2 Å². The van der Waals surface area contributed by atoms with E-state index < -0.39 is 0 Å². The number of fused-ring (bicyclic) bond motifs is 1. The van der Waals surface area contributed by atoms with Crippen molar-refractivity contribution < 1.29 is 4.74 Å². The first-order valence-corrected chi connectivity index (χ1v) is 12.8. The van der Waals surface area contributed by atoms with E-state index in [0.29, 0.717) is 31.0 Å². The number of rotatable bonds is 7. The molecule has 0 saturated carbocycles. The van der Waals surface area contributed by atoms with Gasteiger partial charge in [-0.3, -0.25) is 4.90 Å². The third kappa shape index (κ3) is 4.89. The molecule has 1 aromatic carbocycles. The molecule has 2 aromatic rings. The fourth-order valence-electron chi connectivity index (χ4n) is 5.77. The quantitative estimate of drug-likeness (QED) is 0.615. The van der Waals surface area contributed by atoms with Crippen LogP contribution in [0.2, 0.25) is 0 Å². The molecule has 180 valence electrons. The van der Waals surface area contributed by atoms with Gasteiger partial charge >= 0.3 is 6.01 Å². The molecule has 2 fully saturated rings. The number of hydrogen-bond donors (Lipinski definition) is 0. The van der Waals surface area contributed by atoms with E-state index in [2.05, 4.69) is 65.1 Å². The van der Waals surface area contributed by atoms with Gasteiger partial charge in [0.25, 0.3) is 0 Å². The molecule has 0 aliphatic carbocycles. The van der Waals surface area contributed by atoms with Gasteiger partial charge in [0.05, 0.1) is 11.8 Å². The Balaban J connectivity index is 1.42. The lowest BCUT2D eigenvalue weighted by Gasteiger charge is -2.34. The minimum atomic E-state index is 0.233. The van der Waals surface area contributed by atoms with Crippen molar-refractivity contribution in [3.8, 4) is 12.1 Å². The van der Waals surface area contributed by atoms with Crippen LogP contribution in [0.15, 0.2) is 30.3 Å². The number of aromatic nitrogens is 2. The van der Waals surface area contributed by atoms with Crippen molar-refractivity contribution in [2.45, 2.75) is 64.2 Å². The summed E-state index contributed by atoms with van der Waals surface area (Å²) >= 11 is 0. The number of anilines is 1. The first kappa shape index (κ1) is 23.1. The molecule has 0 spiro atoms. The minimum Gasteiger partial charge on any atom is -0.462 e. The highest BCUT2D eigenvalue weighted by Crippen LogP contribution is 2.41. The van der Waals surface area contributed by atoms with Crippen molar-refractivity contribution >= 4 is 5.82 Å². The highest BCUT2D eigenvalue weighted by atomic mass is 16.5. The van der Waals surface area contributed by atoms with Crippen LogP contribution >= 0.6 is 0 Å². The van der Waals surface area contributed by atoms with Crippen LogP contribution in [0.5, 0.6) is 6.01 Å². The van der Waals surface area contributed by atoms with E-state index in [1.807, 2.05) is 0 Å². The lowest BCUT2D eigenvalue weighted by molar-refractivity contribution is 0.187. The molecule has 0 N–H and O–H groups in total. The molecule has 1 aromatic heterocycles. The van der Waals surface area contributed by atoms with Crippen LogP contribution in [0.25, 0.3) is 0 Å². The van der Waals surface area contributed by atoms with E-state index in [9.17, 15) is 5.26 Å². The topological polar surface area (TPSA) is 68.5 Å². The molecule has 0 radical (unpaired) electrons. The number of nitrogens with zero attached hydrogens (tertiary/aromatic N) is 6. The Kier molecular flexibility index (Phi) is 6.98. The summed E-state index contributed by atoms with van der Waals surface area (Å²) in [6.45, 7) is 7.58. The Morgan fingerprint density at radius 2 is 1.94 bits per heavy atom. The Bertz CT molecular complexity index is 1020. The predicted molar refractivity (Wildman–Crippen MR) is 132 cm³/mol. The van der Waals surface area contributed by atoms with Crippen LogP contribution in [0.1, 0.15) is 61.9 Å². The van der Waals surface area contributed by atoms with Crippen molar-refractivity contribution in [3.05, 3.63) is 47.2 Å². The van der Waals surface area contributed by atoms with E-state index in [4.69, 9.17) is 14.7 Å². The molecule has 34 heavy (non-hydrogen) atoms. The van der Waals surface area contributed by atoms with Crippen molar-refractivity contribution in [2.24, 2.45) is 5.92 Å². The molecule has 1 unspecified atom stereocenters. The molecule has 3 atom stereocenters. The van der Waals surface area contributed by atoms with E-state index in [1.54, 1.807) is 0 Å². The maximum Gasteiger partial charge on any atom is 0.318 e. The summed E-state index contributed by atoms with van der Waals surface area (Å²) < 4.78 is 6.22. The van der Waals surface area contributed by atoms with Gasteiger partial charge in [0.15, 0.2) is 0 Å². The SMILES string of the molecule is CC1c2c(nc(OC[C@@H]3CCCN3C)nc2N2CCC[C@@H](CC#N)C2)CN1Cc1ccccc1. The molecule has 0 bridgehead atoms. The molecule has 7 heteroatoms. The van der Waals surface area contributed by atoms with Crippen molar-refractivity contribution in [1.29, 1.82) is 5.26 Å². The maximum atomic E-state index is 9.26. The van der Waals surface area contributed by atoms with E-state index in [1.165, 1.54) is 17.5 Å². The first-order chi connectivity index (χ1) is 16.6. The van der Waals surface area contributed by atoms with Crippen LogP contribution in [0.3, 0.4) is 0 Å². The van der Waals surface area contributed by atoms with Crippen LogP contribution in [-0.4, -0.2) is 59.1 Å². The summed E-state index contributed by atoms with van der Waals surface area (Å²) in [5, 5.41) is 9.26. The molecule has 2 saturated heterocycles. The van der Waals surface area contributed by atoms with Crippen LogP contribution < -0.4 is 9.64 Å². The Labute approximate surface area is 203 Å². The number of likely N-dealkylation sites (tertiary alicyclic amines) is 1. The fourth-order valence-corrected chi connectivity index (χ4v) is 5.77. The van der Waals surface area contributed by atoms with Gasteiger partial charge in [-0.15, -0.1) is 0 Å². The lowest BCUT2D eigenvalue weighted by Crippen LogP contribution is -2.37. The largest absolute Gasteiger partial charge is 0.462 e. The van der Waals surface area contributed by atoms with Crippen LogP contribution in [0, 0.1) is 17.2 Å². The second kappa shape index (κ2) is 10.3. The van der Waals surface area contributed by atoms with Crippen molar-refractivity contribution in [1.82, 2.24) is 19.8 Å². The zero-order valence-electron chi connectivity index (χ0n) is 20.5. The Morgan fingerprint density at radius 1 is 1.12 bits per heavy atom. The second-order valence-corrected chi connectivity index (χ2v) is 10.2. The molecule has 3 aliphatic heterocycles. The molecule has 5 rings (SSSR count). The lowest BCUT2D eigenvalue weighted by atomic mass is 9.95. The van der Waals surface area contributed by atoms with E-state index in [-0.39, 0.29) is 6.04 Å². The third-order valence-electron chi connectivity index (χ3n) is 7.81. The predicted octanol–water partition coefficient (Wildman–Crippen LogP) is 4.16. The smallest absolute Gasteiger partial charge is 0.318 e. The summed E-state index contributed by atoms with van der Waals surface area (Å²) in [7, 11) is 2.17. The summed E-state index contributed by atoms with van der Waals surface area (Å²) in [6, 6.07) is 14.2. The van der Waals surface area contributed by atoms with Crippen LogP contribution in [0.4, 0.5) is 5.82 Å². The zero-order chi connectivity index (χ0) is 23.5. The molecular weight excluding hydrogens is 424 g/mol. The van der Waals surface area contributed by atoms with Crippen LogP contribution in [-0.2, 0) is 13.1 Å². The monoisotopic (exact) mass is 460 g/mol. The Hall–Kier alpha value is -2.69. The number of likely N-dealkylation sites (N-methyl/N-ethyl adjacent to an activating group) is 1. The average Bonchev–Trinajstić information content (AvgIpc) is 3.40. The average molecular weight is 461 g/mol. The zero-order valence-corrected chi connectivity index (χ0v) is 20.5. The highest BCUT2D eigenvalue weighted by molar-refractivity contribution is 5.54. The summed E-state index contributed by atoms with van der Waals surface area (Å²) in [6.07, 6.45) is 5.20. The van der Waals surface area contributed by atoms with Gasteiger partial charge in [0.2, 0.25) is 0 Å². The van der Waals surface area contributed by atoms with E-state index in [0.717, 1.165) is 63.5 Å². The summed E-state index contributed by atoms with van der Waals surface area (Å²) in [4.78, 5) is 17.2. The second-order valence-electron chi connectivity index (χ2n) is 10.2. The standard InChI is InChI=1S/C27H36N6O/c1-20-25-24(18-33(20)17-21-8-4-3-5-9-21)29-27(34-19-23-11-7-14-31(23)2)30-26(25)32-15-6-10-22(16-32)12-13-28/h3-5,8-9,20,22-23H,6-7,10-12,14-19H2,1-2H3/t20?,22-,23-/m0/s1. The first-order valence-electron chi connectivity index (χ1n) is 12.8. The minimum absolute atomic E-state index is 0.233. The van der Waals surface area contributed by atoms with Gasteiger partial charge in [-0.25, -0.2) is 0 Å². The van der Waals surface area contributed by atoms with E-state index >= 15 is 0 Å². The molecule has 7 nitrogen and oxygen atoms in total.